The lowest BCUT2D eigenvalue weighted by Crippen LogP contribution is -2.33. The van der Waals surface area contributed by atoms with Gasteiger partial charge in [0.1, 0.15) is 12.1 Å². The SMILES string of the molecule is c1coc(C(CNCc2ccncn2)N2CCCC2)c1. The summed E-state index contributed by atoms with van der Waals surface area (Å²) in [6.45, 7) is 3.94. The van der Waals surface area contributed by atoms with Crippen molar-refractivity contribution in [1.29, 1.82) is 0 Å². The first-order chi connectivity index (χ1) is 9.93. The summed E-state index contributed by atoms with van der Waals surface area (Å²) in [5, 5.41) is 3.48. The van der Waals surface area contributed by atoms with Gasteiger partial charge < -0.3 is 9.73 Å². The van der Waals surface area contributed by atoms with E-state index in [1.807, 2.05) is 12.1 Å². The molecule has 20 heavy (non-hydrogen) atoms. The summed E-state index contributed by atoms with van der Waals surface area (Å²) in [7, 11) is 0. The first kappa shape index (κ1) is 13.3. The van der Waals surface area contributed by atoms with E-state index >= 15 is 0 Å². The van der Waals surface area contributed by atoms with Crippen LogP contribution in [0.4, 0.5) is 0 Å². The van der Waals surface area contributed by atoms with Gasteiger partial charge in [-0.25, -0.2) is 9.97 Å². The van der Waals surface area contributed by atoms with E-state index in [0.29, 0.717) is 6.04 Å². The van der Waals surface area contributed by atoms with Crippen molar-refractivity contribution < 1.29 is 4.42 Å². The zero-order chi connectivity index (χ0) is 13.6. The van der Waals surface area contributed by atoms with Gasteiger partial charge in [-0.15, -0.1) is 0 Å². The molecule has 2 aromatic rings. The van der Waals surface area contributed by atoms with Crippen molar-refractivity contribution in [3.05, 3.63) is 48.4 Å². The molecule has 1 aliphatic heterocycles. The Morgan fingerprint density at radius 3 is 2.90 bits per heavy atom. The topological polar surface area (TPSA) is 54.2 Å². The molecule has 0 spiro atoms. The first-order valence-electron chi connectivity index (χ1n) is 7.16. The maximum absolute atomic E-state index is 5.60. The number of hydrogen-bond donors (Lipinski definition) is 1. The molecule has 2 aromatic heterocycles. The number of aromatic nitrogens is 2. The molecule has 0 aliphatic carbocycles. The van der Waals surface area contributed by atoms with E-state index in [9.17, 15) is 0 Å². The fourth-order valence-electron chi connectivity index (χ4n) is 2.70. The Morgan fingerprint density at radius 1 is 1.30 bits per heavy atom. The van der Waals surface area contributed by atoms with Crippen LogP contribution in [-0.2, 0) is 6.54 Å². The maximum Gasteiger partial charge on any atom is 0.122 e. The molecule has 5 nitrogen and oxygen atoms in total. The number of hydrogen-bond acceptors (Lipinski definition) is 5. The zero-order valence-corrected chi connectivity index (χ0v) is 11.5. The Morgan fingerprint density at radius 2 is 2.20 bits per heavy atom. The van der Waals surface area contributed by atoms with Crippen molar-refractivity contribution in [2.24, 2.45) is 0 Å². The van der Waals surface area contributed by atoms with E-state index in [1.165, 1.54) is 12.8 Å². The second kappa shape index (κ2) is 6.63. The zero-order valence-electron chi connectivity index (χ0n) is 11.5. The van der Waals surface area contributed by atoms with Gasteiger partial charge in [0.2, 0.25) is 0 Å². The minimum absolute atomic E-state index is 0.314. The Kier molecular flexibility index (Phi) is 4.40. The van der Waals surface area contributed by atoms with Crippen molar-refractivity contribution in [1.82, 2.24) is 20.2 Å². The van der Waals surface area contributed by atoms with E-state index in [2.05, 4.69) is 26.3 Å². The summed E-state index contributed by atoms with van der Waals surface area (Å²) < 4.78 is 5.60. The van der Waals surface area contributed by atoms with E-state index in [0.717, 1.165) is 37.6 Å². The van der Waals surface area contributed by atoms with Crippen molar-refractivity contribution in [3.8, 4) is 0 Å². The summed E-state index contributed by atoms with van der Waals surface area (Å²) in [6, 6.07) is 6.28. The maximum atomic E-state index is 5.60. The van der Waals surface area contributed by atoms with Crippen LogP contribution >= 0.6 is 0 Å². The average Bonchev–Trinajstić information content (AvgIpc) is 3.18. The van der Waals surface area contributed by atoms with E-state index < -0.39 is 0 Å². The molecule has 1 saturated heterocycles. The standard InChI is InChI=1S/C15H20N4O/c1-2-8-19(7-1)14(15-4-3-9-20-15)11-17-10-13-5-6-16-12-18-13/h3-6,9,12,14,17H,1-2,7-8,10-11H2. The first-order valence-corrected chi connectivity index (χ1v) is 7.16. The predicted octanol–water partition coefficient (Wildman–Crippen LogP) is 2.00. The van der Waals surface area contributed by atoms with Gasteiger partial charge in [0.25, 0.3) is 0 Å². The Bertz CT molecular complexity index is 494. The molecule has 1 atom stereocenters. The van der Waals surface area contributed by atoms with Crippen LogP contribution in [0.15, 0.2) is 41.4 Å². The van der Waals surface area contributed by atoms with Gasteiger partial charge in [-0.05, 0) is 44.1 Å². The molecule has 3 heterocycles. The number of nitrogens with one attached hydrogen (secondary N) is 1. The number of likely N-dealkylation sites (tertiary alicyclic amines) is 1. The lowest BCUT2D eigenvalue weighted by molar-refractivity contribution is 0.209. The highest BCUT2D eigenvalue weighted by Gasteiger charge is 2.24. The van der Waals surface area contributed by atoms with Crippen molar-refractivity contribution >= 4 is 0 Å². The molecule has 0 saturated carbocycles. The van der Waals surface area contributed by atoms with Crippen molar-refractivity contribution in [2.45, 2.75) is 25.4 Å². The highest BCUT2D eigenvalue weighted by Crippen LogP contribution is 2.24. The van der Waals surface area contributed by atoms with Crippen LogP contribution in [0, 0.1) is 0 Å². The van der Waals surface area contributed by atoms with Crippen LogP contribution in [0.1, 0.15) is 30.3 Å². The molecular formula is C15H20N4O. The van der Waals surface area contributed by atoms with Gasteiger partial charge in [0, 0.05) is 19.3 Å². The smallest absolute Gasteiger partial charge is 0.122 e. The molecule has 106 valence electrons. The molecule has 1 unspecified atom stereocenters. The Balaban J connectivity index is 1.59. The highest BCUT2D eigenvalue weighted by atomic mass is 16.3. The largest absolute Gasteiger partial charge is 0.468 e. The number of nitrogens with zero attached hydrogens (tertiary/aromatic N) is 3. The van der Waals surface area contributed by atoms with Crippen LogP contribution in [0.2, 0.25) is 0 Å². The number of furan rings is 1. The van der Waals surface area contributed by atoms with Gasteiger partial charge in [-0.2, -0.15) is 0 Å². The fourth-order valence-corrected chi connectivity index (χ4v) is 2.70. The monoisotopic (exact) mass is 272 g/mol. The van der Waals surface area contributed by atoms with Crippen LogP contribution in [0.5, 0.6) is 0 Å². The quantitative estimate of drug-likeness (QED) is 0.871. The van der Waals surface area contributed by atoms with Gasteiger partial charge in [-0.1, -0.05) is 0 Å². The summed E-state index contributed by atoms with van der Waals surface area (Å²) in [6.07, 6.45) is 7.67. The van der Waals surface area contributed by atoms with Crippen molar-refractivity contribution in [2.75, 3.05) is 19.6 Å². The highest BCUT2D eigenvalue weighted by molar-refractivity contribution is 5.06. The average molecular weight is 272 g/mol. The molecule has 1 fully saturated rings. The predicted molar refractivity (Wildman–Crippen MR) is 76.0 cm³/mol. The van der Waals surface area contributed by atoms with Gasteiger partial charge >= 0.3 is 0 Å². The van der Waals surface area contributed by atoms with Crippen LogP contribution < -0.4 is 5.32 Å². The summed E-state index contributed by atoms with van der Waals surface area (Å²) in [4.78, 5) is 10.6. The minimum atomic E-state index is 0.314. The molecule has 5 heteroatoms. The fraction of sp³-hybridized carbons (Fsp3) is 0.467. The third kappa shape index (κ3) is 3.23. The minimum Gasteiger partial charge on any atom is -0.468 e. The summed E-state index contributed by atoms with van der Waals surface area (Å²) in [5.41, 5.74) is 1.01. The molecule has 0 bridgehead atoms. The van der Waals surface area contributed by atoms with Gasteiger partial charge in [0.05, 0.1) is 18.0 Å². The molecule has 1 N–H and O–H groups in total. The summed E-state index contributed by atoms with van der Waals surface area (Å²) in [5.74, 6) is 1.04. The second-order valence-electron chi connectivity index (χ2n) is 5.11. The van der Waals surface area contributed by atoms with Crippen LogP contribution in [-0.4, -0.2) is 34.5 Å². The molecule has 0 aromatic carbocycles. The second-order valence-corrected chi connectivity index (χ2v) is 5.11. The summed E-state index contributed by atoms with van der Waals surface area (Å²) >= 11 is 0. The Hall–Kier alpha value is -1.72. The molecule has 0 radical (unpaired) electrons. The number of rotatable bonds is 6. The van der Waals surface area contributed by atoms with Gasteiger partial charge in [0.15, 0.2) is 0 Å². The Labute approximate surface area is 119 Å². The van der Waals surface area contributed by atoms with Crippen molar-refractivity contribution in [3.63, 3.8) is 0 Å². The third-order valence-electron chi connectivity index (χ3n) is 3.74. The van der Waals surface area contributed by atoms with Crippen LogP contribution in [0.3, 0.4) is 0 Å². The van der Waals surface area contributed by atoms with Crippen LogP contribution in [0.25, 0.3) is 0 Å². The molecule has 0 amide bonds. The molecule has 3 rings (SSSR count). The van der Waals surface area contributed by atoms with E-state index in [1.54, 1.807) is 18.8 Å². The molecular weight excluding hydrogens is 252 g/mol. The third-order valence-corrected chi connectivity index (χ3v) is 3.74. The van der Waals surface area contributed by atoms with E-state index in [-0.39, 0.29) is 0 Å². The lowest BCUT2D eigenvalue weighted by atomic mass is 10.2. The normalized spacial score (nSPS) is 17.4. The molecule has 1 aliphatic rings. The van der Waals surface area contributed by atoms with Gasteiger partial charge in [-0.3, -0.25) is 4.90 Å². The lowest BCUT2D eigenvalue weighted by Gasteiger charge is -2.26. The van der Waals surface area contributed by atoms with E-state index in [4.69, 9.17) is 4.42 Å².